The Kier molecular flexibility index (Phi) is 6.54. The number of imidazole rings is 1. The van der Waals surface area contributed by atoms with Gasteiger partial charge in [-0.25, -0.2) is 15.0 Å². The van der Waals surface area contributed by atoms with Gasteiger partial charge in [0.1, 0.15) is 12.2 Å². The van der Waals surface area contributed by atoms with Crippen LogP contribution < -0.4 is 5.32 Å². The Hall–Kier alpha value is -3.85. The van der Waals surface area contributed by atoms with E-state index in [2.05, 4.69) is 25.7 Å². The number of ether oxygens (including phenoxy) is 2. The first-order chi connectivity index (χ1) is 18.9. The SMILES string of the molecule is CCN(C=O)[C@H]1O[C@@H](n2cnc3c(NC4CCOC4)nc(C4(c5ccc(C)cc5)C=NN=N4)nc32)[C@H](O)[C@@H]1O. The summed E-state index contributed by atoms with van der Waals surface area (Å²) in [7, 11) is 0. The van der Waals surface area contributed by atoms with Crippen LogP contribution in [0.15, 0.2) is 46.0 Å². The normalized spacial score (nSPS) is 29.9. The van der Waals surface area contributed by atoms with E-state index in [1.165, 1.54) is 15.8 Å². The van der Waals surface area contributed by atoms with Gasteiger partial charge in [0.25, 0.3) is 0 Å². The highest BCUT2D eigenvalue weighted by Gasteiger charge is 2.47. The summed E-state index contributed by atoms with van der Waals surface area (Å²) in [5.74, 6) is 0.749. The van der Waals surface area contributed by atoms with Crippen LogP contribution in [-0.2, 0) is 19.8 Å². The van der Waals surface area contributed by atoms with E-state index in [4.69, 9.17) is 19.4 Å². The van der Waals surface area contributed by atoms with Crippen LogP contribution in [0.25, 0.3) is 11.2 Å². The third kappa shape index (κ3) is 4.25. The third-order valence-corrected chi connectivity index (χ3v) is 7.34. The van der Waals surface area contributed by atoms with Gasteiger partial charge in [-0.1, -0.05) is 29.8 Å². The predicted octanol–water partition coefficient (Wildman–Crippen LogP) is 1.09. The molecule has 3 aromatic rings. The maximum absolute atomic E-state index is 11.5. The van der Waals surface area contributed by atoms with E-state index in [-0.39, 0.29) is 6.04 Å². The lowest BCUT2D eigenvalue weighted by Gasteiger charge is -2.25. The van der Waals surface area contributed by atoms with Crippen LogP contribution in [-0.4, -0.2) is 91.5 Å². The number of anilines is 1. The number of aliphatic hydroxyl groups is 2. The molecule has 2 unspecified atom stereocenters. The molecule has 6 atom stereocenters. The van der Waals surface area contributed by atoms with Crippen molar-refractivity contribution in [3.05, 3.63) is 47.5 Å². The van der Waals surface area contributed by atoms with Gasteiger partial charge in [-0.2, -0.15) is 0 Å². The first kappa shape index (κ1) is 25.4. The topological polar surface area (TPSA) is 172 Å². The number of hydrogen-bond acceptors (Lipinski definition) is 12. The highest BCUT2D eigenvalue weighted by atomic mass is 16.6. The molecule has 204 valence electrons. The van der Waals surface area contributed by atoms with Crippen molar-refractivity contribution in [2.75, 3.05) is 25.1 Å². The van der Waals surface area contributed by atoms with E-state index in [1.807, 2.05) is 31.2 Å². The second-order valence-corrected chi connectivity index (χ2v) is 9.83. The first-order valence-electron chi connectivity index (χ1n) is 12.8. The van der Waals surface area contributed by atoms with Crippen LogP contribution in [0.2, 0.25) is 0 Å². The predicted molar refractivity (Wildman–Crippen MR) is 138 cm³/mol. The zero-order chi connectivity index (χ0) is 27.1. The Morgan fingerprint density at radius 2 is 2.05 bits per heavy atom. The number of benzene rings is 1. The van der Waals surface area contributed by atoms with Gasteiger partial charge in [-0.05, 0) is 31.1 Å². The van der Waals surface area contributed by atoms with E-state index < -0.39 is 30.2 Å². The standard InChI is InChI=1S/C25H29N9O5/c1-3-33(13-35)22-18(36)19(37)23(39-22)34-12-26-17-20(28-16-8-9-38-10-16)29-24(30-21(17)34)25(11-27-32-31-25)15-6-4-14(2)5-7-15/h4-7,11-13,16,18-19,22-23,36-37H,3,8-10H2,1-2H3,(H,28,29,30)/t16?,18-,19+,22-,23+,25?/m0/s1. The van der Waals surface area contributed by atoms with E-state index in [1.54, 1.807) is 13.1 Å². The van der Waals surface area contributed by atoms with Crippen LogP contribution in [0.5, 0.6) is 0 Å². The molecule has 5 heterocycles. The molecule has 0 saturated carbocycles. The van der Waals surface area contributed by atoms with Crippen molar-refractivity contribution in [3.8, 4) is 0 Å². The van der Waals surface area contributed by atoms with Crippen LogP contribution in [0.3, 0.4) is 0 Å². The van der Waals surface area contributed by atoms with Crippen LogP contribution >= 0.6 is 0 Å². The lowest BCUT2D eigenvalue weighted by molar-refractivity contribution is -0.141. The average molecular weight is 536 g/mol. The molecule has 3 aliphatic rings. The number of nitrogens with zero attached hydrogens (tertiary/aromatic N) is 8. The summed E-state index contributed by atoms with van der Waals surface area (Å²) >= 11 is 0. The number of carbonyl (C=O) groups excluding carboxylic acids is 1. The molecule has 2 fully saturated rings. The van der Waals surface area contributed by atoms with Gasteiger partial charge in [0, 0.05) is 13.2 Å². The van der Waals surface area contributed by atoms with E-state index in [0.29, 0.717) is 49.0 Å². The maximum atomic E-state index is 11.5. The number of aromatic nitrogens is 4. The Morgan fingerprint density at radius 3 is 2.72 bits per heavy atom. The lowest BCUT2D eigenvalue weighted by atomic mass is 9.90. The number of carbonyl (C=O) groups is 1. The average Bonchev–Trinajstić information content (AvgIpc) is 3.75. The molecule has 39 heavy (non-hydrogen) atoms. The largest absolute Gasteiger partial charge is 0.385 e. The van der Waals surface area contributed by atoms with Crippen LogP contribution in [0.4, 0.5) is 5.82 Å². The van der Waals surface area contributed by atoms with Crippen LogP contribution in [0.1, 0.15) is 36.5 Å². The fourth-order valence-electron chi connectivity index (χ4n) is 5.08. The molecule has 14 heteroatoms. The minimum Gasteiger partial charge on any atom is -0.385 e. The van der Waals surface area contributed by atoms with Crippen molar-refractivity contribution in [3.63, 3.8) is 0 Å². The quantitative estimate of drug-likeness (QED) is 0.357. The smallest absolute Gasteiger partial charge is 0.211 e. The van der Waals surface area contributed by atoms with Gasteiger partial charge in [-0.15, -0.1) is 10.2 Å². The summed E-state index contributed by atoms with van der Waals surface area (Å²) in [5, 5.41) is 37.4. The molecule has 1 amide bonds. The number of aliphatic hydroxyl groups excluding tert-OH is 2. The van der Waals surface area contributed by atoms with Gasteiger partial charge in [-0.3, -0.25) is 9.36 Å². The molecular weight excluding hydrogens is 506 g/mol. The van der Waals surface area contributed by atoms with Gasteiger partial charge in [0.05, 0.1) is 25.2 Å². The summed E-state index contributed by atoms with van der Waals surface area (Å²) in [4.78, 5) is 27.1. The van der Waals surface area contributed by atoms with Gasteiger partial charge < -0.3 is 29.9 Å². The molecule has 2 saturated heterocycles. The van der Waals surface area contributed by atoms with Crippen molar-refractivity contribution >= 4 is 29.6 Å². The van der Waals surface area contributed by atoms with E-state index in [0.717, 1.165) is 17.5 Å². The number of amides is 1. The minimum absolute atomic E-state index is 0.0144. The summed E-state index contributed by atoms with van der Waals surface area (Å²) in [6.45, 7) is 5.19. The van der Waals surface area contributed by atoms with Crippen LogP contribution in [0, 0.1) is 6.92 Å². The summed E-state index contributed by atoms with van der Waals surface area (Å²) in [5.41, 5.74) is 1.45. The summed E-state index contributed by atoms with van der Waals surface area (Å²) < 4.78 is 13.1. The molecule has 0 bridgehead atoms. The van der Waals surface area contributed by atoms with Gasteiger partial charge in [0.2, 0.25) is 11.9 Å². The Bertz CT molecular complexity index is 1410. The molecular formula is C25H29N9O5. The molecule has 0 aliphatic carbocycles. The van der Waals surface area contributed by atoms with E-state index in [9.17, 15) is 15.0 Å². The van der Waals surface area contributed by atoms with Crippen molar-refractivity contribution in [2.45, 2.75) is 56.5 Å². The molecule has 0 radical (unpaired) electrons. The Balaban J connectivity index is 1.49. The zero-order valence-corrected chi connectivity index (χ0v) is 21.5. The van der Waals surface area contributed by atoms with Gasteiger partial charge >= 0.3 is 0 Å². The first-order valence-corrected chi connectivity index (χ1v) is 12.8. The molecule has 0 spiro atoms. The number of rotatable bonds is 8. The molecule has 3 N–H and O–H groups in total. The number of hydrogen-bond donors (Lipinski definition) is 3. The number of nitrogens with one attached hydrogen (secondary N) is 1. The van der Waals surface area contributed by atoms with Gasteiger partial charge in [0.15, 0.2) is 35.3 Å². The molecule has 1 aromatic carbocycles. The van der Waals surface area contributed by atoms with Crippen molar-refractivity contribution < 1.29 is 24.5 Å². The number of aryl methyl sites for hydroxylation is 1. The molecule has 2 aromatic heterocycles. The lowest BCUT2D eigenvalue weighted by Crippen LogP contribution is -2.43. The fraction of sp³-hybridized carbons (Fsp3) is 0.480. The Labute approximate surface area is 223 Å². The second kappa shape index (κ2) is 10.0. The van der Waals surface area contributed by atoms with Crippen molar-refractivity contribution in [2.24, 2.45) is 15.4 Å². The highest BCUT2D eigenvalue weighted by molar-refractivity contribution is 5.85. The van der Waals surface area contributed by atoms with E-state index >= 15 is 0 Å². The molecule has 6 rings (SSSR count). The summed E-state index contributed by atoms with van der Waals surface area (Å²) in [6, 6.07) is 7.80. The number of fused-ring (bicyclic) bond motifs is 1. The Morgan fingerprint density at radius 1 is 1.23 bits per heavy atom. The monoisotopic (exact) mass is 535 g/mol. The fourth-order valence-corrected chi connectivity index (χ4v) is 5.08. The maximum Gasteiger partial charge on any atom is 0.211 e. The molecule has 3 aliphatic heterocycles. The van der Waals surface area contributed by atoms with Crippen molar-refractivity contribution in [1.29, 1.82) is 0 Å². The van der Waals surface area contributed by atoms with Crippen molar-refractivity contribution in [1.82, 2.24) is 24.4 Å². The zero-order valence-electron chi connectivity index (χ0n) is 21.5. The third-order valence-electron chi connectivity index (χ3n) is 7.34. The minimum atomic E-state index is -1.35. The summed E-state index contributed by atoms with van der Waals surface area (Å²) in [6.07, 6.45) is -0.342. The highest BCUT2D eigenvalue weighted by Crippen LogP contribution is 2.38. The number of likely N-dealkylation sites (N-methyl/N-ethyl adjacent to an activating group) is 1. The molecule has 14 nitrogen and oxygen atoms in total. The second-order valence-electron chi connectivity index (χ2n) is 9.83.